The van der Waals surface area contributed by atoms with Gasteiger partial charge in [-0.25, -0.2) is 0 Å². The Kier molecular flexibility index (Phi) is 11.2. The summed E-state index contributed by atoms with van der Waals surface area (Å²) in [7, 11) is 0. The fraction of sp³-hybridized carbons (Fsp3) is 0.250. The molecule has 10 aromatic rings. The Bertz CT molecular complexity index is 3620. The van der Waals surface area contributed by atoms with E-state index in [1.165, 1.54) is 134 Å². The van der Waals surface area contributed by atoms with Crippen molar-refractivity contribution in [2.24, 2.45) is 0 Å². The van der Waals surface area contributed by atoms with E-state index in [1.54, 1.807) is 0 Å². The first-order valence-corrected chi connectivity index (χ1v) is 27.3. The molecule has 0 aliphatic carbocycles. The van der Waals surface area contributed by atoms with E-state index in [0.717, 1.165) is 34.1 Å². The number of benzene rings is 9. The zero-order valence-corrected chi connectivity index (χ0v) is 47.6. The summed E-state index contributed by atoms with van der Waals surface area (Å²) in [5.41, 5.74) is 33.8. The SMILES string of the molecule is Cc1cc(C)cc(N(c2cc(C)cc(C)c2)c2cc3c4c(c2)C(C)(C)c2cc(N(c5cc(C)cc(C)c5)c5cc(C)cc(C)c5)cc5c6cc(N(c7cc(C)cc(C)c7)c7cc(C)cc(C)c7)cc(c6n-4c25)C3(C)C)c1. The zero-order valence-electron chi connectivity index (χ0n) is 47.6. The van der Waals surface area contributed by atoms with E-state index < -0.39 is 10.8 Å². The maximum Gasteiger partial charge on any atom is 0.0583 e. The molecular formula is C72H72N4. The number of aromatic nitrogens is 1. The number of aryl methyl sites for hydroxylation is 12. The van der Waals surface area contributed by atoms with Crippen molar-refractivity contribution >= 4 is 73.0 Å². The molecule has 4 nitrogen and oxygen atoms in total. The van der Waals surface area contributed by atoms with Crippen molar-refractivity contribution in [3.8, 4) is 5.69 Å². The molecule has 76 heavy (non-hydrogen) atoms. The summed E-state index contributed by atoms with van der Waals surface area (Å²) in [5, 5.41) is 2.53. The van der Waals surface area contributed by atoms with E-state index in [-0.39, 0.29) is 0 Å². The molecule has 0 saturated carbocycles. The van der Waals surface area contributed by atoms with Crippen LogP contribution in [0.15, 0.2) is 146 Å². The van der Waals surface area contributed by atoms with Gasteiger partial charge in [0.1, 0.15) is 0 Å². The maximum absolute atomic E-state index is 2.70. The summed E-state index contributed by atoms with van der Waals surface area (Å²) in [4.78, 5) is 7.59. The average molecular weight is 993 g/mol. The predicted octanol–water partition coefficient (Wildman–Crippen LogP) is 20.2. The van der Waals surface area contributed by atoms with Crippen molar-refractivity contribution in [3.05, 3.63) is 235 Å². The van der Waals surface area contributed by atoms with E-state index in [9.17, 15) is 0 Å². The van der Waals surface area contributed by atoms with Crippen LogP contribution in [0.5, 0.6) is 0 Å². The van der Waals surface area contributed by atoms with Crippen LogP contribution in [0.4, 0.5) is 51.2 Å². The minimum absolute atomic E-state index is 0.424. The van der Waals surface area contributed by atoms with Crippen LogP contribution < -0.4 is 14.7 Å². The van der Waals surface area contributed by atoms with E-state index in [0.29, 0.717) is 0 Å². The Morgan fingerprint density at radius 3 is 0.645 bits per heavy atom. The van der Waals surface area contributed by atoms with Gasteiger partial charge in [-0.15, -0.1) is 0 Å². The molecule has 9 aromatic carbocycles. The Morgan fingerprint density at radius 1 is 0.237 bits per heavy atom. The summed E-state index contributed by atoms with van der Waals surface area (Å²) in [6.45, 7) is 36.6. The second kappa shape index (κ2) is 17.4. The molecule has 2 aliphatic heterocycles. The largest absolute Gasteiger partial charge is 0.310 e. The van der Waals surface area contributed by atoms with Crippen LogP contribution >= 0.6 is 0 Å². The molecule has 0 fully saturated rings. The summed E-state index contributed by atoms with van der Waals surface area (Å²) in [6.07, 6.45) is 0. The number of anilines is 9. The molecule has 0 radical (unpaired) electrons. The number of fused-ring (bicyclic) bond motifs is 1. The zero-order chi connectivity index (χ0) is 53.6. The highest BCUT2D eigenvalue weighted by atomic mass is 15.2. The third-order valence-electron chi connectivity index (χ3n) is 16.5. The predicted molar refractivity (Wildman–Crippen MR) is 326 cm³/mol. The lowest BCUT2D eigenvalue weighted by molar-refractivity contribution is 0.594. The van der Waals surface area contributed by atoms with Crippen molar-refractivity contribution in [2.45, 2.75) is 122 Å². The molecule has 0 saturated heterocycles. The topological polar surface area (TPSA) is 14.7 Å². The lowest BCUT2D eigenvalue weighted by atomic mass is 9.68. The van der Waals surface area contributed by atoms with E-state index >= 15 is 0 Å². The first kappa shape index (κ1) is 49.1. The highest BCUT2D eigenvalue weighted by molar-refractivity contribution is 6.16. The smallest absolute Gasteiger partial charge is 0.0583 e. The van der Waals surface area contributed by atoms with E-state index in [4.69, 9.17) is 0 Å². The summed E-state index contributed by atoms with van der Waals surface area (Å²) >= 11 is 0. The number of nitrogens with zero attached hydrogens (tertiary/aromatic N) is 4. The molecule has 4 heteroatoms. The van der Waals surface area contributed by atoms with Gasteiger partial charge in [0.05, 0.1) is 16.7 Å². The summed E-state index contributed by atoms with van der Waals surface area (Å²) < 4.78 is 2.70. The van der Waals surface area contributed by atoms with Gasteiger partial charge >= 0.3 is 0 Å². The third-order valence-corrected chi connectivity index (χ3v) is 16.5. The molecule has 0 bridgehead atoms. The van der Waals surface area contributed by atoms with Crippen LogP contribution in [0.25, 0.3) is 27.5 Å². The fourth-order valence-corrected chi connectivity index (χ4v) is 13.7. The molecule has 380 valence electrons. The van der Waals surface area contributed by atoms with Crippen LogP contribution in [-0.2, 0) is 10.8 Å². The first-order chi connectivity index (χ1) is 36.0. The molecule has 0 spiro atoms. The van der Waals surface area contributed by atoms with Gasteiger partial charge in [-0.3, -0.25) is 0 Å². The highest BCUT2D eigenvalue weighted by Gasteiger charge is 2.45. The molecule has 0 N–H and O–H groups in total. The molecule has 0 unspecified atom stereocenters. The van der Waals surface area contributed by atoms with Crippen molar-refractivity contribution in [2.75, 3.05) is 14.7 Å². The van der Waals surface area contributed by atoms with Gasteiger partial charge in [-0.1, -0.05) is 64.1 Å². The van der Waals surface area contributed by atoms with Gasteiger partial charge in [-0.2, -0.15) is 0 Å². The summed E-state index contributed by atoms with van der Waals surface area (Å²) in [6, 6.07) is 57.2. The van der Waals surface area contributed by atoms with Gasteiger partial charge in [0.2, 0.25) is 0 Å². The maximum atomic E-state index is 2.70. The van der Waals surface area contributed by atoms with Crippen LogP contribution in [0.2, 0.25) is 0 Å². The van der Waals surface area contributed by atoms with Gasteiger partial charge < -0.3 is 19.3 Å². The van der Waals surface area contributed by atoms with E-state index in [2.05, 4.69) is 276 Å². The van der Waals surface area contributed by atoms with Crippen molar-refractivity contribution in [3.63, 3.8) is 0 Å². The van der Waals surface area contributed by atoms with Crippen LogP contribution in [-0.4, -0.2) is 4.57 Å². The first-order valence-electron chi connectivity index (χ1n) is 27.3. The molecule has 3 heterocycles. The van der Waals surface area contributed by atoms with Crippen molar-refractivity contribution in [1.82, 2.24) is 4.57 Å². The minimum Gasteiger partial charge on any atom is -0.310 e. The second-order valence-electron chi connectivity index (χ2n) is 24.3. The summed E-state index contributed by atoms with van der Waals surface area (Å²) in [5.74, 6) is 0. The fourth-order valence-electron chi connectivity index (χ4n) is 13.7. The van der Waals surface area contributed by atoms with Gasteiger partial charge in [0.15, 0.2) is 0 Å². The van der Waals surface area contributed by atoms with Crippen LogP contribution in [0.3, 0.4) is 0 Å². The quantitative estimate of drug-likeness (QED) is 0.143. The normalized spacial score (nSPS) is 13.7. The number of hydrogen-bond acceptors (Lipinski definition) is 3. The average Bonchev–Trinajstić information content (AvgIpc) is 3.62. The van der Waals surface area contributed by atoms with Gasteiger partial charge in [0, 0.05) is 72.8 Å². The van der Waals surface area contributed by atoms with Crippen molar-refractivity contribution < 1.29 is 0 Å². The second-order valence-corrected chi connectivity index (χ2v) is 24.3. The number of rotatable bonds is 9. The van der Waals surface area contributed by atoms with Crippen molar-refractivity contribution in [1.29, 1.82) is 0 Å². The number of hydrogen-bond donors (Lipinski definition) is 0. The molecule has 0 atom stereocenters. The highest BCUT2D eigenvalue weighted by Crippen LogP contribution is 2.59. The van der Waals surface area contributed by atoms with Gasteiger partial charge in [-0.05, 0) is 281 Å². The molecular weight excluding hydrogens is 921 g/mol. The lowest BCUT2D eigenvalue weighted by Gasteiger charge is -2.44. The Balaban J connectivity index is 1.24. The molecule has 0 amide bonds. The molecule has 12 rings (SSSR count). The Morgan fingerprint density at radius 2 is 0.421 bits per heavy atom. The minimum atomic E-state index is -0.424. The van der Waals surface area contributed by atoms with Gasteiger partial charge in [0.25, 0.3) is 0 Å². The Hall–Kier alpha value is -7.82. The van der Waals surface area contributed by atoms with E-state index in [1.807, 2.05) is 0 Å². The molecule has 1 aromatic heterocycles. The third kappa shape index (κ3) is 7.94. The monoisotopic (exact) mass is 993 g/mol. The molecule has 2 aliphatic rings. The Labute approximate surface area is 451 Å². The van der Waals surface area contributed by atoms with Crippen LogP contribution in [0, 0.1) is 83.1 Å². The van der Waals surface area contributed by atoms with Crippen LogP contribution in [0.1, 0.15) is 117 Å². The standard InChI is InChI=1S/C72H72N4/c1-41-17-42(2)24-53(23-41)73(54-25-43(3)18-44(4)26-54)59-35-62-63-36-60(74(55-27-45(5)19-46(6)28-55)56-29-47(7)20-48(8)30-56)38-65-69(63)76-68(62)64(37-59)71(13,14)66-39-61(40-67(70(66)76)72(65,15)16)75(57-31-49(9)21-50(10)32-57)58-33-51(11)22-52(12)34-58/h17-40H,1-16H3. The lowest BCUT2D eigenvalue weighted by Crippen LogP contribution is -2.34.